The normalized spacial score (nSPS) is 11.4. The zero-order valence-electron chi connectivity index (χ0n) is 14.4. The lowest BCUT2D eigenvalue weighted by Crippen LogP contribution is -2.26. The third-order valence-corrected chi connectivity index (χ3v) is 3.93. The van der Waals surface area contributed by atoms with E-state index in [1.165, 1.54) is 30.5 Å². The average molecular weight is 367 g/mol. The molecule has 2 aromatic carbocycles. The molecule has 0 atom stereocenters. The van der Waals surface area contributed by atoms with Crippen LogP contribution in [-0.2, 0) is 0 Å². The van der Waals surface area contributed by atoms with Crippen molar-refractivity contribution in [2.24, 2.45) is 11.6 Å². The number of methoxy groups -OCH3 is 1. The van der Waals surface area contributed by atoms with Crippen molar-refractivity contribution in [3.05, 3.63) is 76.3 Å². The van der Waals surface area contributed by atoms with Crippen LogP contribution in [0.2, 0.25) is 0 Å². The number of rotatable bonds is 5. The van der Waals surface area contributed by atoms with E-state index < -0.39 is 17.2 Å². The molecule has 3 rings (SSSR count). The summed E-state index contributed by atoms with van der Waals surface area (Å²) in [4.78, 5) is 22.9. The van der Waals surface area contributed by atoms with E-state index in [0.717, 1.165) is 5.56 Å². The molecule has 3 aromatic rings. The first-order valence-corrected chi connectivity index (χ1v) is 7.86. The Morgan fingerprint density at radius 2 is 1.93 bits per heavy atom. The maximum atomic E-state index is 11.7. The number of nitrogens with two attached hydrogens (primary N) is 2. The topological polar surface area (TPSA) is 132 Å². The van der Waals surface area contributed by atoms with E-state index in [1.54, 1.807) is 6.07 Å². The summed E-state index contributed by atoms with van der Waals surface area (Å²) in [6.45, 7) is 0. The van der Waals surface area contributed by atoms with E-state index in [0.29, 0.717) is 22.5 Å². The van der Waals surface area contributed by atoms with Gasteiger partial charge in [-0.1, -0.05) is 30.3 Å². The fourth-order valence-corrected chi connectivity index (χ4v) is 2.58. The zero-order chi connectivity index (χ0) is 19.6. The lowest BCUT2D eigenvalue weighted by molar-refractivity contribution is 0.0692. The molecule has 0 aliphatic carbocycles. The van der Waals surface area contributed by atoms with Crippen LogP contribution in [0.4, 0.5) is 5.69 Å². The summed E-state index contributed by atoms with van der Waals surface area (Å²) in [6, 6.07) is 13.5. The first-order valence-electron chi connectivity index (χ1n) is 7.86. The number of anilines is 1. The minimum atomic E-state index is -1.37. The van der Waals surface area contributed by atoms with Crippen molar-refractivity contribution in [3.63, 3.8) is 0 Å². The fourth-order valence-electron chi connectivity index (χ4n) is 2.58. The molecule has 0 saturated heterocycles. The highest BCUT2D eigenvalue weighted by molar-refractivity contribution is 5.93. The van der Waals surface area contributed by atoms with Crippen LogP contribution in [0.5, 0.6) is 5.75 Å². The van der Waals surface area contributed by atoms with Gasteiger partial charge in [0.1, 0.15) is 16.9 Å². The number of carbonyl (C=O) groups is 1. The Balaban J connectivity index is 2.10. The predicted octanol–water partition coefficient (Wildman–Crippen LogP) is 2.14. The molecule has 1 heterocycles. The van der Waals surface area contributed by atoms with Crippen molar-refractivity contribution >= 4 is 28.3 Å². The van der Waals surface area contributed by atoms with Crippen molar-refractivity contribution in [3.8, 4) is 5.75 Å². The number of carboxylic acids is 1. The van der Waals surface area contributed by atoms with Gasteiger partial charge in [-0.25, -0.2) is 15.4 Å². The van der Waals surface area contributed by atoms with Gasteiger partial charge in [0.25, 0.3) is 0 Å². The Kier molecular flexibility index (Phi) is 4.82. The van der Waals surface area contributed by atoms with Crippen LogP contribution in [0.25, 0.3) is 16.7 Å². The third-order valence-electron chi connectivity index (χ3n) is 3.93. The molecule has 0 radical (unpaired) electrons. The molecule has 138 valence electrons. The van der Waals surface area contributed by atoms with Gasteiger partial charge in [0.05, 0.1) is 18.5 Å². The molecule has 0 unspecified atom stereocenters. The van der Waals surface area contributed by atoms with E-state index in [-0.39, 0.29) is 5.58 Å². The number of benzene rings is 2. The molecule has 0 aliphatic heterocycles. The van der Waals surface area contributed by atoms with Crippen LogP contribution in [0.15, 0.2) is 63.9 Å². The van der Waals surface area contributed by atoms with Gasteiger partial charge >= 0.3 is 11.6 Å². The van der Waals surface area contributed by atoms with E-state index in [4.69, 9.17) is 25.8 Å². The van der Waals surface area contributed by atoms with Crippen molar-refractivity contribution in [2.75, 3.05) is 12.1 Å². The molecule has 0 spiro atoms. The number of hydrogen-bond acceptors (Lipinski definition) is 7. The molecular weight excluding hydrogens is 350 g/mol. The summed E-state index contributed by atoms with van der Waals surface area (Å²) in [5.41, 5.74) is 6.47. The molecule has 0 fully saturated rings. The Labute approximate surface area is 153 Å². The standard InChI is InChI=1S/C19H17N3O5/c1-26-17-9-16-12(7-13(18(23)24)19(25)27-16)8-15(17)22(21)10-14(20)11-5-3-2-4-6-11/h2-10H,20-21H2,1H3,(H,23,24)/b14-10-. The maximum absolute atomic E-state index is 11.7. The molecular formula is C19H17N3O5. The molecule has 8 heteroatoms. The molecule has 5 N–H and O–H groups in total. The second-order valence-electron chi connectivity index (χ2n) is 5.67. The number of hydrogen-bond donors (Lipinski definition) is 3. The van der Waals surface area contributed by atoms with Gasteiger partial charge in [-0.2, -0.15) is 0 Å². The van der Waals surface area contributed by atoms with Crippen LogP contribution < -0.4 is 26.9 Å². The van der Waals surface area contributed by atoms with Crippen molar-refractivity contribution < 1.29 is 19.1 Å². The zero-order valence-corrected chi connectivity index (χ0v) is 14.4. The fraction of sp³-hybridized carbons (Fsp3) is 0.0526. The predicted molar refractivity (Wildman–Crippen MR) is 101 cm³/mol. The van der Waals surface area contributed by atoms with Crippen LogP contribution in [0, 0.1) is 0 Å². The molecule has 27 heavy (non-hydrogen) atoms. The highest BCUT2D eigenvalue weighted by Gasteiger charge is 2.16. The monoisotopic (exact) mass is 367 g/mol. The summed E-state index contributed by atoms with van der Waals surface area (Å²) < 4.78 is 10.4. The first kappa shape index (κ1) is 18.0. The van der Waals surface area contributed by atoms with E-state index in [9.17, 15) is 9.59 Å². The highest BCUT2D eigenvalue weighted by atomic mass is 16.5. The molecule has 0 bridgehead atoms. The summed E-state index contributed by atoms with van der Waals surface area (Å²) in [5, 5.41) is 10.7. The SMILES string of the molecule is COc1cc2oc(=O)c(C(=O)O)cc2cc1N(N)/C=C(\N)c1ccccc1. The van der Waals surface area contributed by atoms with Gasteiger partial charge < -0.3 is 20.0 Å². The van der Waals surface area contributed by atoms with Crippen LogP contribution >= 0.6 is 0 Å². The number of hydrazine groups is 1. The lowest BCUT2D eigenvalue weighted by Gasteiger charge is -2.19. The van der Waals surface area contributed by atoms with Crippen molar-refractivity contribution in [1.82, 2.24) is 0 Å². The number of ether oxygens (including phenoxy) is 1. The van der Waals surface area contributed by atoms with Crippen molar-refractivity contribution in [1.29, 1.82) is 0 Å². The molecule has 1 aromatic heterocycles. The molecule has 0 saturated carbocycles. The molecule has 0 amide bonds. The van der Waals surface area contributed by atoms with Crippen LogP contribution in [0.3, 0.4) is 0 Å². The Bertz CT molecular complexity index is 1090. The van der Waals surface area contributed by atoms with Gasteiger partial charge in [-0.3, -0.25) is 5.01 Å². The first-order chi connectivity index (χ1) is 12.9. The van der Waals surface area contributed by atoms with E-state index in [1.807, 2.05) is 30.3 Å². The van der Waals surface area contributed by atoms with Gasteiger partial charge in [0, 0.05) is 17.7 Å². The Morgan fingerprint density at radius 1 is 1.22 bits per heavy atom. The average Bonchev–Trinajstić information content (AvgIpc) is 2.66. The summed E-state index contributed by atoms with van der Waals surface area (Å²) >= 11 is 0. The quantitative estimate of drug-likeness (QED) is 0.355. The number of fused-ring (bicyclic) bond motifs is 1. The number of carboxylic acid groups (broad SMARTS) is 1. The van der Waals surface area contributed by atoms with Gasteiger partial charge in [-0.05, 0) is 17.7 Å². The molecule has 8 nitrogen and oxygen atoms in total. The second-order valence-corrected chi connectivity index (χ2v) is 5.67. The summed E-state index contributed by atoms with van der Waals surface area (Å²) in [5.74, 6) is 5.07. The summed E-state index contributed by atoms with van der Waals surface area (Å²) in [7, 11) is 1.44. The smallest absolute Gasteiger partial charge is 0.351 e. The Morgan fingerprint density at radius 3 is 2.56 bits per heavy atom. The lowest BCUT2D eigenvalue weighted by atomic mass is 10.1. The number of nitrogens with zero attached hydrogens (tertiary/aromatic N) is 1. The van der Waals surface area contributed by atoms with Gasteiger partial charge in [0.15, 0.2) is 0 Å². The van der Waals surface area contributed by atoms with Gasteiger partial charge in [0.2, 0.25) is 0 Å². The third kappa shape index (κ3) is 3.60. The van der Waals surface area contributed by atoms with Crippen LogP contribution in [-0.4, -0.2) is 18.2 Å². The summed E-state index contributed by atoms with van der Waals surface area (Å²) in [6.07, 6.45) is 1.51. The highest BCUT2D eigenvalue weighted by Crippen LogP contribution is 2.32. The molecule has 0 aliphatic rings. The second kappa shape index (κ2) is 7.22. The van der Waals surface area contributed by atoms with Crippen LogP contribution in [0.1, 0.15) is 15.9 Å². The minimum absolute atomic E-state index is 0.180. The Hall–Kier alpha value is -3.78. The minimum Gasteiger partial charge on any atom is -0.494 e. The van der Waals surface area contributed by atoms with E-state index >= 15 is 0 Å². The maximum Gasteiger partial charge on any atom is 0.351 e. The largest absolute Gasteiger partial charge is 0.494 e. The van der Waals surface area contributed by atoms with Crippen molar-refractivity contribution in [2.45, 2.75) is 0 Å². The number of aromatic carboxylic acids is 1. The van der Waals surface area contributed by atoms with Gasteiger partial charge in [-0.15, -0.1) is 0 Å². The van der Waals surface area contributed by atoms with E-state index in [2.05, 4.69) is 0 Å².